The lowest BCUT2D eigenvalue weighted by Crippen LogP contribution is -2.33. The summed E-state index contributed by atoms with van der Waals surface area (Å²) in [5.74, 6) is -0.505. The van der Waals surface area contributed by atoms with Gasteiger partial charge in [-0.1, -0.05) is 12.1 Å². The van der Waals surface area contributed by atoms with Crippen molar-refractivity contribution in [3.8, 4) is 11.3 Å². The molecule has 2 aromatic rings. The summed E-state index contributed by atoms with van der Waals surface area (Å²) in [6.07, 6.45) is 3.82. The first-order valence-electron chi connectivity index (χ1n) is 8.50. The third-order valence-electron chi connectivity index (χ3n) is 3.95. The Kier molecular flexibility index (Phi) is 6.26. The number of aromatic nitrogens is 1. The molecule has 0 radical (unpaired) electrons. The highest BCUT2D eigenvalue weighted by Gasteiger charge is 2.14. The number of nitrogens with zero attached hydrogens (tertiary/aromatic N) is 1. The van der Waals surface area contributed by atoms with E-state index < -0.39 is 5.60 Å². The van der Waals surface area contributed by atoms with Gasteiger partial charge in [-0.25, -0.2) is 4.39 Å². The Hall–Kier alpha value is -2.27. The zero-order chi connectivity index (χ0) is 18.4. The zero-order valence-corrected chi connectivity index (χ0v) is 14.9. The van der Waals surface area contributed by atoms with Gasteiger partial charge in [-0.15, -0.1) is 0 Å². The number of rotatable bonds is 7. The number of amides is 1. The summed E-state index contributed by atoms with van der Waals surface area (Å²) >= 11 is 0. The van der Waals surface area contributed by atoms with Gasteiger partial charge in [0.1, 0.15) is 5.82 Å². The fourth-order valence-corrected chi connectivity index (χ4v) is 2.57. The average molecular weight is 344 g/mol. The number of benzene rings is 1. The molecule has 1 unspecified atom stereocenters. The molecule has 1 aromatic carbocycles. The van der Waals surface area contributed by atoms with Crippen molar-refractivity contribution in [1.82, 2.24) is 10.3 Å². The highest BCUT2D eigenvalue weighted by Crippen LogP contribution is 2.18. The van der Waals surface area contributed by atoms with Crippen molar-refractivity contribution in [3.63, 3.8) is 0 Å². The fraction of sp³-hybridized carbons (Fsp3) is 0.400. The number of pyridine rings is 1. The topological polar surface area (TPSA) is 62.2 Å². The minimum Gasteiger partial charge on any atom is -0.390 e. The first-order chi connectivity index (χ1) is 11.7. The monoisotopic (exact) mass is 344 g/mol. The van der Waals surface area contributed by atoms with Crippen LogP contribution in [0.15, 0.2) is 42.6 Å². The summed E-state index contributed by atoms with van der Waals surface area (Å²) in [4.78, 5) is 16.5. The number of nitrogens with one attached hydrogen (secondary N) is 1. The molecule has 0 fully saturated rings. The highest BCUT2D eigenvalue weighted by molar-refractivity contribution is 5.94. The van der Waals surface area contributed by atoms with Crippen molar-refractivity contribution in [2.75, 3.05) is 0 Å². The number of hydrogen-bond donors (Lipinski definition) is 2. The summed E-state index contributed by atoms with van der Waals surface area (Å²) in [5.41, 5.74) is 1.08. The smallest absolute Gasteiger partial charge is 0.253 e. The molecule has 2 N–H and O–H groups in total. The van der Waals surface area contributed by atoms with Gasteiger partial charge >= 0.3 is 0 Å². The molecule has 4 nitrogen and oxygen atoms in total. The van der Waals surface area contributed by atoms with E-state index in [1.165, 1.54) is 18.3 Å². The van der Waals surface area contributed by atoms with Crippen molar-refractivity contribution in [2.45, 2.75) is 51.7 Å². The maximum atomic E-state index is 13.3. The zero-order valence-electron chi connectivity index (χ0n) is 14.9. The molecule has 5 heteroatoms. The minimum absolute atomic E-state index is 0.0118. The number of hydrogen-bond acceptors (Lipinski definition) is 3. The van der Waals surface area contributed by atoms with Crippen molar-refractivity contribution in [2.24, 2.45) is 0 Å². The van der Waals surface area contributed by atoms with Crippen LogP contribution in [0.3, 0.4) is 0 Å². The standard InChI is InChI=1S/C20H25FN2O2/c1-14(6-5-11-20(2,3)25)23-19(24)16-9-10-18(22-13-16)15-7-4-8-17(21)12-15/h4,7-10,12-14,25H,5-6,11H2,1-3H3,(H,23,24). The molecule has 0 aliphatic heterocycles. The number of halogens is 1. The molecule has 0 aliphatic carbocycles. The van der Waals surface area contributed by atoms with E-state index in [9.17, 15) is 14.3 Å². The molecular weight excluding hydrogens is 319 g/mol. The molecule has 134 valence electrons. The number of carbonyl (C=O) groups is 1. The molecule has 1 amide bonds. The lowest BCUT2D eigenvalue weighted by molar-refractivity contribution is 0.0674. The van der Waals surface area contributed by atoms with Crippen LogP contribution in [0.4, 0.5) is 4.39 Å². The Morgan fingerprint density at radius 2 is 2.08 bits per heavy atom. The van der Waals surface area contributed by atoms with Gasteiger partial charge in [-0.05, 0) is 64.3 Å². The molecule has 2 rings (SSSR count). The molecule has 0 saturated carbocycles. The Balaban J connectivity index is 1.92. The quantitative estimate of drug-likeness (QED) is 0.799. The summed E-state index contributed by atoms with van der Waals surface area (Å²) in [7, 11) is 0. The summed E-state index contributed by atoms with van der Waals surface area (Å²) in [6.45, 7) is 5.50. The second-order valence-corrected chi connectivity index (χ2v) is 7.02. The van der Waals surface area contributed by atoms with Crippen molar-refractivity contribution in [1.29, 1.82) is 0 Å². The maximum absolute atomic E-state index is 13.3. The van der Waals surface area contributed by atoms with Crippen LogP contribution in [-0.4, -0.2) is 27.6 Å². The van der Waals surface area contributed by atoms with Crippen LogP contribution in [0.5, 0.6) is 0 Å². The van der Waals surface area contributed by atoms with Gasteiger partial charge in [-0.2, -0.15) is 0 Å². The molecule has 1 aromatic heterocycles. The highest BCUT2D eigenvalue weighted by atomic mass is 19.1. The van der Waals surface area contributed by atoms with Gasteiger partial charge in [-0.3, -0.25) is 9.78 Å². The normalized spacial score (nSPS) is 12.7. The Morgan fingerprint density at radius 1 is 1.32 bits per heavy atom. The molecule has 0 aliphatic rings. The maximum Gasteiger partial charge on any atom is 0.253 e. The van der Waals surface area contributed by atoms with Crippen LogP contribution in [0.2, 0.25) is 0 Å². The second-order valence-electron chi connectivity index (χ2n) is 7.02. The Morgan fingerprint density at radius 3 is 2.68 bits per heavy atom. The van der Waals surface area contributed by atoms with E-state index in [4.69, 9.17) is 0 Å². The van der Waals surface area contributed by atoms with Crippen LogP contribution in [0.1, 0.15) is 50.4 Å². The summed E-state index contributed by atoms with van der Waals surface area (Å²) in [6, 6.07) is 9.60. The lowest BCUT2D eigenvalue weighted by Gasteiger charge is -2.19. The van der Waals surface area contributed by atoms with E-state index in [1.54, 1.807) is 38.1 Å². The Bertz CT molecular complexity index is 708. The van der Waals surface area contributed by atoms with Crippen LogP contribution >= 0.6 is 0 Å². The van der Waals surface area contributed by atoms with Crippen LogP contribution in [0, 0.1) is 5.82 Å². The van der Waals surface area contributed by atoms with Crippen molar-refractivity contribution in [3.05, 3.63) is 54.0 Å². The Labute approximate surface area is 148 Å². The van der Waals surface area contributed by atoms with E-state index in [0.29, 0.717) is 23.2 Å². The van der Waals surface area contributed by atoms with Gasteiger partial charge in [0.15, 0.2) is 0 Å². The van der Waals surface area contributed by atoms with Gasteiger partial charge in [0.05, 0.1) is 16.9 Å². The number of carbonyl (C=O) groups excluding carboxylic acids is 1. The van der Waals surface area contributed by atoms with Crippen LogP contribution in [0.25, 0.3) is 11.3 Å². The van der Waals surface area contributed by atoms with Crippen LogP contribution < -0.4 is 5.32 Å². The van der Waals surface area contributed by atoms with Gasteiger partial charge in [0.25, 0.3) is 5.91 Å². The predicted molar refractivity (Wildman–Crippen MR) is 96.7 cm³/mol. The van der Waals surface area contributed by atoms with E-state index in [1.807, 2.05) is 6.92 Å². The van der Waals surface area contributed by atoms with Gasteiger partial charge in [0.2, 0.25) is 0 Å². The SMILES string of the molecule is CC(CCCC(C)(C)O)NC(=O)c1ccc(-c2cccc(F)c2)nc1. The van der Waals surface area contributed by atoms with E-state index in [2.05, 4.69) is 10.3 Å². The molecule has 25 heavy (non-hydrogen) atoms. The van der Waals surface area contributed by atoms with Gasteiger partial charge in [0, 0.05) is 17.8 Å². The van der Waals surface area contributed by atoms with Gasteiger partial charge < -0.3 is 10.4 Å². The summed E-state index contributed by atoms with van der Waals surface area (Å²) in [5, 5.41) is 12.6. The molecule has 0 bridgehead atoms. The van der Waals surface area contributed by atoms with E-state index in [0.717, 1.165) is 12.8 Å². The summed E-state index contributed by atoms with van der Waals surface area (Å²) < 4.78 is 13.3. The van der Waals surface area contributed by atoms with Crippen molar-refractivity contribution >= 4 is 5.91 Å². The van der Waals surface area contributed by atoms with E-state index >= 15 is 0 Å². The molecule has 1 heterocycles. The molecular formula is C20H25FN2O2. The number of aliphatic hydroxyl groups is 1. The third kappa shape index (κ3) is 6.27. The molecule has 1 atom stereocenters. The third-order valence-corrected chi connectivity index (χ3v) is 3.95. The average Bonchev–Trinajstić information content (AvgIpc) is 2.53. The first-order valence-corrected chi connectivity index (χ1v) is 8.50. The van der Waals surface area contributed by atoms with E-state index in [-0.39, 0.29) is 17.8 Å². The molecule has 0 spiro atoms. The van der Waals surface area contributed by atoms with Crippen LogP contribution in [-0.2, 0) is 0 Å². The molecule has 0 saturated heterocycles. The lowest BCUT2D eigenvalue weighted by atomic mass is 9.99. The minimum atomic E-state index is -0.680. The fourth-order valence-electron chi connectivity index (χ4n) is 2.57. The first kappa shape index (κ1) is 19.1. The largest absolute Gasteiger partial charge is 0.390 e. The van der Waals surface area contributed by atoms with Crippen molar-refractivity contribution < 1.29 is 14.3 Å². The predicted octanol–water partition coefficient (Wildman–Crippen LogP) is 3.95. The second kappa shape index (κ2) is 8.21.